The summed E-state index contributed by atoms with van der Waals surface area (Å²) < 4.78 is 13.4. The number of hydrogen-bond donors (Lipinski definition) is 1. The Kier molecular flexibility index (Phi) is 4.93. The van der Waals surface area contributed by atoms with Crippen LogP contribution in [0, 0.1) is 11.7 Å². The van der Waals surface area contributed by atoms with E-state index >= 15 is 0 Å². The van der Waals surface area contributed by atoms with E-state index in [1.54, 1.807) is 0 Å². The van der Waals surface area contributed by atoms with Gasteiger partial charge in [0, 0.05) is 12.1 Å². The van der Waals surface area contributed by atoms with Crippen molar-refractivity contribution in [3.8, 4) is 0 Å². The maximum atomic E-state index is 13.1. The van der Waals surface area contributed by atoms with Crippen LogP contribution in [0.4, 0.5) is 4.39 Å². The standard InChI is InChI=1S/C14H18BrFN2O/c1-18-6-4-10(5-7-18)9-17-14(19)11-2-3-13(16)12(15)8-11/h2-3,8,10H,4-7,9H2,1H3,(H,17,19). The van der Waals surface area contributed by atoms with Crippen molar-refractivity contribution in [2.45, 2.75) is 12.8 Å². The number of nitrogens with zero attached hydrogens (tertiary/aromatic N) is 1. The second-order valence-corrected chi connectivity index (χ2v) is 5.94. The fraction of sp³-hybridized carbons (Fsp3) is 0.500. The summed E-state index contributed by atoms with van der Waals surface area (Å²) in [6.07, 6.45) is 2.23. The van der Waals surface area contributed by atoms with Gasteiger partial charge in [-0.25, -0.2) is 4.39 Å². The average Bonchev–Trinajstić information content (AvgIpc) is 2.41. The Hall–Kier alpha value is -0.940. The highest BCUT2D eigenvalue weighted by Crippen LogP contribution is 2.18. The van der Waals surface area contributed by atoms with Gasteiger partial charge in [-0.15, -0.1) is 0 Å². The maximum Gasteiger partial charge on any atom is 0.251 e. The quantitative estimate of drug-likeness (QED) is 0.925. The van der Waals surface area contributed by atoms with E-state index in [2.05, 4.69) is 33.2 Å². The van der Waals surface area contributed by atoms with Crippen LogP contribution in [0.15, 0.2) is 22.7 Å². The molecule has 1 heterocycles. The summed E-state index contributed by atoms with van der Waals surface area (Å²) in [5.74, 6) is 0.0514. The molecule has 1 fully saturated rings. The van der Waals surface area contributed by atoms with Crippen LogP contribution in [0.2, 0.25) is 0 Å². The van der Waals surface area contributed by atoms with Crippen molar-refractivity contribution < 1.29 is 9.18 Å². The van der Waals surface area contributed by atoms with Crippen LogP contribution in [0.1, 0.15) is 23.2 Å². The van der Waals surface area contributed by atoms with Gasteiger partial charge >= 0.3 is 0 Å². The highest BCUT2D eigenvalue weighted by Gasteiger charge is 2.17. The summed E-state index contributed by atoms with van der Waals surface area (Å²) in [4.78, 5) is 14.3. The highest BCUT2D eigenvalue weighted by molar-refractivity contribution is 9.10. The molecule has 5 heteroatoms. The summed E-state index contributed by atoms with van der Waals surface area (Å²) in [5, 5.41) is 2.93. The lowest BCUT2D eigenvalue weighted by molar-refractivity contribution is 0.0939. The molecule has 1 aromatic carbocycles. The van der Waals surface area contributed by atoms with Crippen LogP contribution in [0.3, 0.4) is 0 Å². The van der Waals surface area contributed by atoms with E-state index in [4.69, 9.17) is 0 Å². The minimum Gasteiger partial charge on any atom is -0.352 e. The third-order valence-corrected chi connectivity index (χ3v) is 4.18. The number of halogens is 2. The molecular weight excluding hydrogens is 311 g/mol. The van der Waals surface area contributed by atoms with Crippen LogP contribution < -0.4 is 5.32 Å². The summed E-state index contributed by atoms with van der Waals surface area (Å²) in [5.41, 5.74) is 0.487. The minimum atomic E-state index is -0.355. The predicted octanol–water partition coefficient (Wildman–Crippen LogP) is 2.66. The first kappa shape index (κ1) is 14.5. The molecule has 0 saturated carbocycles. The lowest BCUT2D eigenvalue weighted by Crippen LogP contribution is -2.36. The van der Waals surface area contributed by atoms with Gasteiger partial charge in [-0.3, -0.25) is 4.79 Å². The monoisotopic (exact) mass is 328 g/mol. The van der Waals surface area contributed by atoms with Gasteiger partial charge in [-0.2, -0.15) is 0 Å². The summed E-state index contributed by atoms with van der Waals surface area (Å²) in [7, 11) is 2.12. The first-order valence-corrected chi connectivity index (χ1v) is 7.27. The number of hydrogen-bond acceptors (Lipinski definition) is 2. The minimum absolute atomic E-state index is 0.139. The van der Waals surface area contributed by atoms with Crippen molar-refractivity contribution in [2.75, 3.05) is 26.7 Å². The molecule has 1 saturated heterocycles. The number of carbonyl (C=O) groups excluding carboxylic acids is 1. The van der Waals surface area contributed by atoms with Crippen molar-refractivity contribution >= 4 is 21.8 Å². The van der Waals surface area contributed by atoms with E-state index in [0.717, 1.165) is 25.9 Å². The molecule has 3 nitrogen and oxygen atoms in total. The van der Waals surface area contributed by atoms with Crippen LogP contribution in [-0.2, 0) is 0 Å². The Labute approximate surface area is 121 Å². The topological polar surface area (TPSA) is 32.3 Å². The number of amides is 1. The van der Waals surface area contributed by atoms with Crippen LogP contribution in [0.5, 0.6) is 0 Å². The highest BCUT2D eigenvalue weighted by atomic mass is 79.9. The molecule has 104 valence electrons. The molecule has 2 rings (SSSR count). The van der Waals surface area contributed by atoms with Gasteiger partial charge in [0.1, 0.15) is 5.82 Å². The molecule has 1 aliphatic heterocycles. The molecule has 0 radical (unpaired) electrons. The Morgan fingerprint density at radius 1 is 1.47 bits per heavy atom. The van der Waals surface area contributed by atoms with Gasteiger partial charge in [-0.05, 0) is 73.0 Å². The smallest absolute Gasteiger partial charge is 0.251 e. The van der Waals surface area contributed by atoms with Crippen LogP contribution in [0.25, 0.3) is 0 Å². The van der Waals surface area contributed by atoms with E-state index in [-0.39, 0.29) is 11.7 Å². The second kappa shape index (κ2) is 6.48. The van der Waals surface area contributed by atoms with Crippen molar-refractivity contribution in [3.05, 3.63) is 34.1 Å². The average molecular weight is 329 g/mol. The largest absolute Gasteiger partial charge is 0.352 e. The van der Waals surface area contributed by atoms with Gasteiger partial charge in [0.05, 0.1) is 4.47 Å². The van der Waals surface area contributed by atoms with Crippen molar-refractivity contribution in [3.63, 3.8) is 0 Å². The zero-order valence-electron chi connectivity index (χ0n) is 11.0. The molecule has 0 spiro atoms. The van der Waals surface area contributed by atoms with Gasteiger partial charge in [0.25, 0.3) is 5.91 Å². The molecular formula is C14H18BrFN2O. The molecule has 1 N–H and O–H groups in total. The van der Waals surface area contributed by atoms with E-state index in [0.29, 0.717) is 22.5 Å². The molecule has 0 aromatic heterocycles. The lowest BCUT2D eigenvalue weighted by atomic mass is 9.97. The van der Waals surface area contributed by atoms with Crippen molar-refractivity contribution in [1.82, 2.24) is 10.2 Å². The molecule has 1 aromatic rings. The van der Waals surface area contributed by atoms with Gasteiger partial charge in [-0.1, -0.05) is 0 Å². The number of likely N-dealkylation sites (tertiary alicyclic amines) is 1. The Balaban J connectivity index is 1.85. The first-order chi connectivity index (χ1) is 9.06. The molecule has 0 atom stereocenters. The lowest BCUT2D eigenvalue weighted by Gasteiger charge is -2.28. The van der Waals surface area contributed by atoms with Crippen LogP contribution >= 0.6 is 15.9 Å². The van der Waals surface area contributed by atoms with Gasteiger partial charge in [0.2, 0.25) is 0 Å². The summed E-state index contributed by atoms with van der Waals surface area (Å²) >= 11 is 3.09. The Morgan fingerprint density at radius 2 is 2.16 bits per heavy atom. The van der Waals surface area contributed by atoms with Crippen LogP contribution in [-0.4, -0.2) is 37.5 Å². The molecule has 1 aliphatic rings. The fourth-order valence-electron chi connectivity index (χ4n) is 2.24. The van der Waals surface area contributed by atoms with Crippen molar-refractivity contribution in [1.29, 1.82) is 0 Å². The Bertz CT molecular complexity index is 459. The van der Waals surface area contributed by atoms with E-state index < -0.39 is 0 Å². The number of rotatable bonds is 3. The molecule has 0 bridgehead atoms. The molecule has 0 unspecified atom stereocenters. The maximum absolute atomic E-state index is 13.1. The number of carbonyl (C=O) groups is 1. The van der Waals surface area contributed by atoms with Gasteiger partial charge < -0.3 is 10.2 Å². The molecule has 19 heavy (non-hydrogen) atoms. The summed E-state index contributed by atoms with van der Waals surface area (Å²) in [6.45, 7) is 2.87. The number of nitrogens with one attached hydrogen (secondary N) is 1. The second-order valence-electron chi connectivity index (χ2n) is 5.09. The Morgan fingerprint density at radius 3 is 2.79 bits per heavy atom. The zero-order chi connectivity index (χ0) is 13.8. The molecule has 0 aliphatic carbocycles. The van der Waals surface area contributed by atoms with E-state index in [9.17, 15) is 9.18 Å². The number of piperidine rings is 1. The third-order valence-electron chi connectivity index (χ3n) is 3.57. The van der Waals surface area contributed by atoms with E-state index in [1.165, 1.54) is 18.2 Å². The SMILES string of the molecule is CN1CCC(CNC(=O)c2ccc(F)c(Br)c2)CC1. The predicted molar refractivity (Wildman–Crippen MR) is 76.7 cm³/mol. The van der Waals surface area contributed by atoms with Gasteiger partial charge in [0.15, 0.2) is 0 Å². The first-order valence-electron chi connectivity index (χ1n) is 6.48. The third kappa shape index (κ3) is 4.01. The zero-order valence-corrected chi connectivity index (χ0v) is 12.5. The van der Waals surface area contributed by atoms with Crippen molar-refractivity contribution in [2.24, 2.45) is 5.92 Å². The number of benzene rings is 1. The van der Waals surface area contributed by atoms with E-state index in [1.807, 2.05) is 0 Å². The molecule has 1 amide bonds. The summed E-state index contributed by atoms with van der Waals surface area (Å²) in [6, 6.07) is 4.32. The fourth-order valence-corrected chi connectivity index (χ4v) is 2.62. The normalized spacial score (nSPS) is 17.4.